The average molecular weight is 365 g/mol. The van der Waals surface area contributed by atoms with Gasteiger partial charge in [-0.15, -0.1) is 0 Å². The normalized spacial score (nSPS) is 18.1. The van der Waals surface area contributed by atoms with Crippen LogP contribution in [-0.4, -0.2) is 28.1 Å². The molecular formula is C18H21ClN2O2S. The number of hydrogen-bond donors (Lipinski definition) is 1. The van der Waals surface area contributed by atoms with Gasteiger partial charge in [0.25, 0.3) is 0 Å². The second kappa shape index (κ2) is 7.13. The van der Waals surface area contributed by atoms with E-state index >= 15 is 0 Å². The van der Waals surface area contributed by atoms with Crippen molar-refractivity contribution in [3.05, 3.63) is 59.1 Å². The highest BCUT2D eigenvalue weighted by atomic mass is 35.5. The van der Waals surface area contributed by atoms with Crippen LogP contribution < -0.4 is 9.62 Å². The van der Waals surface area contributed by atoms with Crippen LogP contribution >= 0.6 is 11.6 Å². The zero-order valence-electron chi connectivity index (χ0n) is 13.6. The minimum Gasteiger partial charge on any atom is -0.371 e. The van der Waals surface area contributed by atoms with Crippen LogP contribution in [0.1, 0.15) is 12.0 Å². The molecule has 1 fully saturated rings. The zero-order valence-corrected chi connectivity index (χ0v) is 15.1. The lowest BCUT2D eigenvalue weighted by molar-refractivity contribution is 0.541. The van der Waals surface area contributed by atoms with Gasteiger partial charge in [0.15, 0.2) is 0 Å². The lowest BCUT2D eigenvalue weighted by Gasteiger charge is -2.19. The van der Waals surface area contributed by atoms with Gasteiger partial charge in [-0.05, 0) is 55.2 Å². The molecule has 1 heterocycles. The van der Waals surface area contributed by atoms with Gasteiger partial charge in [0.1, 0.15) is 0 Å². The first-order valence-corrected chi connectivity index (χ1v) is 9.87. The Balaban J connectivity index is 1.60. The van der Waals surface area contributed by atoms with Crippen molar-refractivity contribution in [3.63, 3.8) is 0 Å². The number of nitrogens with one attached hydrogen (secondary N) is 1. The maximum Gasteiger partial charge on any atom is 0.240 e. The number of anilines is 1. The first kappa shape index (κ1) is 17.3. The Bertz CT molecular complexity index is 823. The number of benzene rings is 2. The van der Waals surface area contributed by atoms with Gasteiger partial charge in [-0.25, -0.2) is 13.1 Å². The van der Waals surface area contributed by atoms with Crippen LogP contribution in [0, 0.1) is 12.8 Å². The number of rotatable bonds is 5. The van der Waals surface area contributed by atoms with Crippen molar-refractivity contribution in [2.75, 3.05) is 24.5 Å². The fourth-order valence-corrected chi connectivity index (χ4v) is 4.42. The van der Waals surface area contributed by atoms with Crippen molar-refractivity contribution in [2.24, 2.45) is 5.92 Å². The molecule has 0 radical (unpaired) electrons. The van der Waals surface area contributed by atoms with Gasteiger partial charge in [0.2, 0.25) is 10.0 Å². The van der Waals surface area contributed by atoms with E-state index in [1.807, 2.05) is 0 Å². The van der Waals surface area contributed by atoms with E-state index in [1.165, 1.54) is 17.3 Å². The molecule has 4 nitrogen and oxygen atoms in total. The van der Waals surface area contributed by atoms with E-state index in [0.717, 1.165) is 19.5 Å². The molecule has 0 bridgehead atoms. The van der Waals surface area contributed by atoms with Crippen molar-refractivity contribution in [3.8, 4) is 0 Å². The summed E-state index contributed by atoms with van der Waals surface area (Å²) < 4.78 is 27.4. The zero-order chi connectivity index (χ0) is 17.2. The molecule has 2 aromatic carbocycles. The summed E-state index contributed by atoms with van der Waals surface area (Å²) >= 11 is 5.88. The molecule has 0 spiro atoms. The van der Waals surface area contributed by atoms with Gasteiger partial charge in [0, 0.05) is 30.3 Å². The van der Waals surface area contributed by atoms with Crippen molar-refractivity contribution >= 4 is 27.3 Å². The van der Waals surface area contributed by atoms with Crippen LogP contribution in [0.4, 0.5) is 5.69 Å². The number of hydrogen-bond acceptors (Lipinski definition) is 3. The maximum absolute atomic E-state index is 12.4. The third kappa shape index (κ3) is 4.09. The molecule has 0 aliphatic carbocycles. The van der Waals surface area contributed by atoms with E-state index in [1.54, 1.807) is 18.2 Å². The standard InChI is InChI=1S/C18H21ClN2O2S/c1-14-4-2-6-17(10-14)21-9-8-15(13-21)12-20-24(22,23)18-7-3-5-16(19)11-18/h2-7,10-11,15,20H,8-9,12-13H2,1H3. The average Bonchev–Trinajstić information content (AvgIpc) is 3.02. The van der Waals surface area contributed by atoms with Crippen LogP contribution in [-0.2, 0) is 10.0 Å². The maximum atomic E-state index is 12.4. The number of halogens is 1. The molecule has 128 valence electrons. The molecule has 24 heavy (non-hydrogen) atoms. The Morgan fingerprint density at radius 3 is 2.75 bits per heavy atom. The van der Waals surface area contributed by atoms with Crippen LogP contribution in [0.15, 0.2) is 53.4 Å². The molecule has 0 saturated carbocycles. The van der Waals surface area contributed by atoms with Gasteiger partial charge in [-0.3, -0.25) is 0 Å². The quantitative estimate of drug-likeness (QED) is 0.884. The van der Waals surface area contributed by atoms with Gasteiger partial charge in [0.05, 0.1) is 4.90 Å². The molecule has 2 aromatic rings. The summed E-state index contributed by atoms with van der Waals surface area (Å²) in [6.07, 6.45) is 0.978. The molecule has 1 N–H and O–H groups in total. The summed E-state index contributed by atoms with van der Waals surface area (Å²) in [7, 11) is -3.51. The van der Waals surface area contributed by atoms with Gasteiger partial charge in [-0.1, -0.05) is 29.8 Å². The van der Waals surface area contributed by atoms with Gasteiger partial charge >= 0.3 is 0 Å². The summed E-state index contributed by atoms with van der Waals surface area (Å²) in [5, 5.41) is 0.421. The van der Waals surface area contributed by atoms with Crippen LogP contribution in [0.25, 0.3) is 0 Å². The lowest BCUT2D eigenvalue weighted by atomic mass is 10.1. The molecule has 1 aliphatic heterocycles. The first-order chi connectivity index (χ1) is 11.4. The summed E-state index contributed by atoms with van der Waals surface area (Å²) in [6.45, 7) is 4.34. The van der Waals surface area contributed by atoms with Gasteiger partial charge in [-0.2, -0.15) is 0 Å². The van der Waals surface area contributed by atoms with Crippen LogP contribution in [0.2, 0.25) is 5.02 Å². The monoisotopic (exact) mass is 364 g/mol. The molecule has 3 rings (SSSR count). The molecule has 1 unspecified atom stereocenters. The molecule has 1 atom stereocenters. The lowest BCUT2D eigenvalue weighted by Crippen LogP contribution is -2.31. The first-order valence-electron chi connectivity index (χ1n) is 8.01. The van der Waals surface area contributed by atoms with E-state index in [2.05, 4.69) is 40.8 Å². The summed E-state index contributed by atoms with van der Waals surface area (Å²) in [4.78, 5) is 2.52. The smallest absolute Gasteiger partial charge is 0.240 e. The van der Waals surface area contributed by atoms with E-state index in [0.29, 0.717) is 17.5 Å². The van der Waals surface area contributed by atoms with E-state index in [9.17, 15) is 8.42 Å². The van der Waals surface area contributed by atoms with E-state index in [4.69, 9.17) is 11.6 Å². The molecule has 0 amide bonds. The minimum absolute atomic E-state index is 0.212. The highest BCUT2D eigenvalue weighted by molar-refractivity contribution is 7.89. The van der Waals surface area contributed by atoms with Crippen LogP contribution in [0.5, 0.6) is 0 Å². The fraction of sp³-hybridized carbons (Fsp3) is 0.333. The molecule has 0 aromatic heterocycles. The number of aryl methyl sites for hydroxylation is 1. The predicted molar refractivity (Wildman–Crippen MR) is 98.1 cm³/mol. The van der Waals surface area contributed by atoms with E-state index in [-0.39, 0.29) is 4.90 Å². The highest BCUT2D eigenvalue weighted by Crippen LogP contribution is 2.24. The second-order valence-electron chi connectivity index (χ2n) is 6.25. The number of nitrogens with zero attached hydrogens (tertiary/aromatic N) is 1. The summed E-state index contributed by atoms with van der Waals surface area (Å²) in [5.41, 5.74) is 2.44. The molecule has 6 heteroatoms. The number of sulfonamides is 1. The van der Waals surface area contributed by atoms with Gasteiger partial charge < -0.3 is 4.90 Å². The van der Waals surface area contributed by atoms with E-state index < -0.39 is 10.0 Å². The summed E-state index contributed by atoms with van der Waals surface area (Å²) in [6, 6.07) is 14.7. The fourth-order valence-electron chi connectivity index (χ4n) is 3.00. The predicted octanol–water partition coefficient (Wildman–Crippen LogP) is 3.45. The Morgan fingerprint density at radius 2 is 2.00 bits per heavy atom. The second-order valence-corrected chi connectivity index (χ2v) is 8.45. The Kier molecular flexibility index (Phi) is 5.13. The Morgan fingerprint density at radius 1 is 1.21 bits per heavy atom. The summed E-state index contributed by atoms with van der Waals surface area (Å²) in [5.74, 6) is 0.305. The van der Waals surface area contributed by atoms with Crippen LogP contribution in [0.3, 0.4) is 0 Å². The van der Waals surface area contributed by atoms with Crippen molar-refractivity contribution in [1.82, 2.24) is 4.72 Å². The highest BCUT2D eigenvalue weighted by Gasteiger charge is 2.24. The van der Waals surface area contributed by atoms with Crippen molar-refractivity contribution in [2.45, 2.75) is 18.2 Å². The third-order valence-electron chi connectivity index (χ3n) is 4.32. The molecular weight excluding hydrogens is 344 g/mol. The largest absolute Gasteiger partial charge is 0.371 e. The molecule has 1 aliphatic rings. The molecule has 1 saturated heterocycles. The Hall–Kier alpha value is -1.56. The SMILES string of the molecule is Cc1cccc(N2CCC(CNS(=O)(=O)c3cccc(Cl)c3)C2)c1. The Labute approximate surface area is 148 Å². The third-order valence-corrected chi connectivity index (χ3v) is 5.98. The van der Waals surface area contributed by atoms with Crippen molar-refractivity contribution in [1.29, 1.82) is 0 Å². The minimum atomic E-state index is -3.51. The topological polar surface area (TPSA) is 49.4 Å². The van der Waals surface area contributed by atoms with Crippen molar-refractivity contribution < 1.29 is 8.42 Å².